The van der Waals surface area contributed by atoms with Crippen molar-refractivity contribution in [2.75, 3.05) is 11.9 Å². The lowest BCUT2D eigenvalue weighted by Gasteiger charge is -2.14. The Morgan fingerprint density at radius 3 is 2.54 bits per heavy atom. The van der Waals surface area contributed by atoms with Crippen LogP contribution in [0.5, 0.6) is 5.75 Å². The fourth-order valence-electron chi connectivity index (χ4n) is 2.08. The molecule has 0 heterocycles. The molecule has 0 aliphatic rings. The van der Waals surface area contributed by atoms with Gasteiger partial charge in [-0.3, -0.25) is 14.9 Å². The van der Waals surface area contributed by atoms with Gasteiger partial charge >= 0.3 is 6.18 Å². The number of ether oxygens (including phenoxy) is 1. The number of rotatable bonds is 5. The maximum atomic E-state index is 12.3. The third-order valence-electron chi connectivity index (χ3n) is 3.24. The van der Waals surface area contributed by atoms with Crippen LogP contribution in [0.1, 0.15) is 15.9 Å². The van der Waals surface area contributed by atoms with Crippen LogP contribution in [0, 0.1) is 17.0 Å². The lowest BCUT2D eigenvalue weighted by atomic mass is 10.1. The molecular weight excluding hydrogens is 377 g/mol. The zero-order chi connectivity index (χ0) is 19.5. The summed E-state index contributed by atoms with van der Waals surface area (Å²) in [5.74, 6) is -0.888. The fourth-order valence-corrected chi connectivity index (χ4v) is 2.25. The number of anilines is 1. The van der Waals surface area contributed by atoms with Crippen molar-refractivity contribution in [3.8, 4) is 5.75 Å². The fraction of sp³-hybridized carbons (Fsp3) is 0.188. The number of nitrogens with zero attached hydrogens (tertiary/aromatic N) is 1. The van der Waals surface area contributed by atoms with E-state index in [1.807, 2.05) is 0 Å². The Hall–Kier alpha value is -2.81. The molecule has 0 fully saturated rings. The highest BCUT2D eigenvalue weighted by Gasteiger charge is 2.29. The summed E-state index contributed by atoms with van der Waals surface area (Å²) in [6.07, 6.45) is -4.55. The maximum Gasteiger partial charge on any atom is 0.422 e. The summed E-state index contributed by atoms with van der Waals surface area (Å²) in [6, 6.07) is 7.46. The number of alkyl halides is 3. The van der Waals surface area contributed by atoms with E-state index < -0.39 is 23.6 Å². The van der Waals surface area contributed by atoms with Gasteiger partial charge in [0.1, 0.15) is 5.75 Å². The number of carbonyl (C=O) groups is 1. The maximum absolute atomic E-state index is 12.3. The van der Waals surface area contributed by atoms with Crippen LogP contribution in [0.25, 0.3) is 0 Å². The summed E-state index contributed by atoms with van der Waals surface area (Å²) in [5.41, 5.74) is 0.151. The van der Waals surface area contributed by atoms with Crippen molar-refractivity contribution >= 4 is 28.9 Å². The van der Waals surface area contributed by atoms with Gasteiger partial charge in [-0.2, -0.15) is 13.2 Å². The molecule has 138 valence electrons. The number of hydrogen-bond donors (Lipinski definition) is 1. The molecule has 0 saturated heterocycles. The Morgan fingerprint density at radius 2 is 1.96 bits per heavy atom. The Kier molecular flexibility index (Phi) is 5.71. The number of aryl methyl sites for hydroxylation is 1. The predicted octanol–water partition coefficient (Wildman–Crippen LogP) is 4.75. The standard InChI is InChI=1S/C16H12ClF3N2O4/c1-9-6-10(2-4-13(9)22(24)25)15(23)21-12-7-11(17)3-5-14(12)26-8-16(18,19)20/h2-7H,8H2,1H3,(H,21,23). The Balaban J connectivity index is 2.24. The van der Waals surface area contributed by atoms with E-state index in [2.05, 4.69) is 10.1 Å². The van der Waals surface area contributed by atoms with Crippen LogP contribution in [0.2, 0.25) is 5.02 Å². The summed E-state index contributed by atoms with van der Waals surface area (Å²) >= 11 is 5.81. The number of nitrogens with one attached hydrogen (secondary N) is 1. The van der Waals surface area contributed by atoms with Crippen LogP contribution in [0.4, 0.5) is 24.5 Å². The normalized spacial score (nSPS) is 11.1. The summed E-state index contributed by atoms with van der Waals surface area (Å²) in [7, 11) is 0. The number of nitro groups is 1. The number of hydrogen-bond acceptors (Lipinski definition) is 4. The van der Waals surface area contributed by atoms with Gasteiger partial charge in [-0.15, -0.1) is 0 Å². The second kappa shape index (κ2) is 7.61. The number of halogens is 4. The van der Waals surface area contributed by atoms with Crippen molar-refractivity contribution in [3.63, 3.8) is 0 Å². The molecule has 6 nitrogen and oxygen atoms in total. The first-order chi connectivity index (χ1) is 12.1. The molecule has 2 rings (SSSR count). The lowest BCUT2D eigenvalue weighted by molar-refractivity contribution is -0.385. The molecule has 1 amide bonds. The van der Waals surface area contributed by atoms with Crippen molar-refractivity contribution in [2.24, 2.45) is 0 Å². The van der Waals surface area contributed by atoms with Gasteiger partial charge in [0.05, 0.1) is 10.6 Å². The molecule has 0 saturated carbocycles. The van der Waals surface area contributed by atoms with E-state index in [9.17, 15) is 28.1 Å². The smallest absolute Gasteiger partial charge is 0.422 e. The number of benzene rings is 2. The van der Waals surface area contributed by atoms with Gasteiger partial charge in [-0.05, 0) is 37.3 Å². The van der Waals surface area contributed by atoms with Crippen LogP contribution >= 0.6 is 11.6 Å². The Labute approximate surface area is 150 Å². The van der Waals surface area contributed by atoms with E-state index in [0.29, 0.717) is 0 Å². The second-order valence-corrected chi connectivity index (χ2v) is 5.69. The van der Waals surface area contributed by atoms with Crippen molar-refractivity contribution in [1.29, 1.82) is 0 Å². The average Bonchev–Trinajstić information content (AvgIpc) is 2.52. The monoisotopic (exact) mass is 388 g/mol. The largest absolute Gasteiger partial charge is 0.482 e. The molecule has 0 spiro atoms. The van der Waals surface area contributed by atoms with Gasteiger partial charge in [-0.1, -0.05) is 11.6 Å². The second-order valence-electron chi connectivity index (χ2n) is 5.26. The van der Waals surface area contributed by atoms with E-state index in [0.717, 1.165) is 0 Å². The third kappa shape index (κ3) is 5.09. The van der Waals surface area contributed by atoms with Gasteiger partial charge < -0.3 is 10.1 Å². The first-order valence-electron chi connectivity index (χ1n) is 7.12. The molecule has 0 radical (unpaired) electrons. The summed E-state index contributed by atoms with van der Waals surface area (Å²) in [6.45, 7) is -0.0691. The molecule has 0 unspecified atom stereocenters. The van der Waals surface area contributed by atoms with Crippen molar-refractivity contribution in [3.05, 3.63) is 62.7 Å². The predicted molar refractivity (Wildman–Crippen MR) is 88.8 cm³/mol. The Morgan fingerprint density at radius 1 is 1.27 bits per heavy atom. The molecule has 0 atom stereocenters. The molecule has 0 aliphatic heterocycles. The third-order valence-corrected chi connectivity index (χ3v) is 3.47. The van der Waals surface area contributed by atoms with Gasteiger partial charge in [0.2, 0.25) is 0 Å². The molecule has 0 aromatic heterocycles. The zero-order valence-electron chi connectivity index (χ0n) is 13.3. The SMILES string of the molecule is Cc1cc(C(=O)Nc2cc(Cl)ccc2OCC(F)(F)F)ccc1[N+](=O)[O-]. The molecule has 0 bridgehead atoms. The van der Waals surface area contributed by atoms with Crippen LogP contribution in [0.15, 0.2) is 36.4 Å². The lowest BCUT2D eigenvalue weighted by Crippen LogP contribution is -2.20. The van der Waals surface area contributed by atoms with Gasteiger partial charge in [0.15, 0.2) is 6.61 Å². The minimum atomic E-state index is -4.55. The van der Waals surface area contributed by atoms with E-state index in [4.69, 9.17) is 11.6 Å². The van der Waals surface area contributed by atoms with Gasteiger partial charge in [0.25, 0.3) is 11.6 Å². The highest BCUT2D eigenvalue weighted by atomic mass is 35.5. The summed E-state index contributed by atoms with van der Waals surface area (Å²) < 4.78 is 41.7. The minimum absolute atomic E-state index is 0.0530. The van der Waals surface area contributed by atoms with E-state index in [1.54, 1.807) is 0 Å². The van der Waals surface area contributed by atoms with Gasteiger partial charge in [0, 0.05) is 22.2 Å². The summed E-state index contributed by atoms with van der Waals surface area (Å²) in [5, 5.41) is 13.4. The van der Waals surface area contributed by atoms with Crippen molar-refractivity contribution in [2.45, 2.75) is 13.1 Å². The minimum Gasteiger partial charge on any atom is -0.482 e. The van der Waals surface area contributed by atoms with Gasteiger partial charge in [-0.25, -0.2) is 0 Å². The van der Waals surface area contributed by atoms with Crippen molar-refractivity contribution < 1.29 is 27.6 Å². The quantitative estimate of drug-likeness (QED) is 0.592. The number of nitro benzene ring substituents is 1. The Bertz CT molecular complexity index is 856. The van der Waals surface area contributed by atoms with Crippen LogP contribution < -0.4 is 10.1 Å². The topological polar surface area (TPSA) is 81.5 Å². The van der Waals surface area contributed by atoms with E-state index >= 15 is 0 Å². The zero-order valence-corrected chi connectivity index (χ0v) is 14.0. The number of amides is 1. The molecule has 0 aliphatic carbocycles. The molecule has 26 heavy (non-hydrogen) atoms. The van der Waals surface area contributed by atoms with E-state index in [1.165, 1.54) is 43.3 Å². The first-order valence-corrected chi connectivity index (χ1v) is 7.50. The highest BCUT2D eigenvalue weighted by molar-refractivity contribution is 6.31. The van der Waals surface area contributed by atoms with Crippen LogP contribution in [-0.4, -0.2) is 23.6 Å². The van der Waals surface area contributed by atoms with Crippen LogP contribution in [-0.2, 0) is 0 Å². The molecule has 1 N–H and O–H groups in total. The van der Waals surface area contributed by atoms with Crippen molar-refractivity contribution in [1.82, 2.24) is 0 Å². The first kappa shape index (κ1) is 19.5. The average molecular weight is 389 g/mol. The molecular formula is C16H12ClF3N2O4. The number of carbonyl (C=O) groups excluding carboxylic acids is 1. The summed E-state index contributed by atoms with van der Waals surface area (Å²) in [4.78, 5) is 22.5. The highest BCUT2D eigenvalue weighted by Crippen LogP contribution is 2.30. The van der Waals surface area contributed by atoms with Crippen LogP contribution in [0.3, 0.4) is 0 Å². The molecule has 10 heteroatoms. The van der Waals surface area contributed by atoms with E-state index in [-0.39, 0.29) is 33.3 Å². The molecule has 2 aromatic rings. The molecule has 2 aromatic carbocycles.